The van der Waals surface area contributed by atoms with Gasteiger partial charge in [0.2, 0.25) is 0 Å². The average Bonchev–Trinajstić information content (AvgIpc) is 2.80. The Bertz CT molecular complexity index is 267. The van der Waals surface area contributed by atoms with Crippen molar-refractivity contribution in [2.24, 2.45) is 5.92 Å². The van der Waals surface area contributed by atoms with E-state index in [1.807, 2.05) is 12.5 Å². The lowest BCUT2D eigenvalue weighted by atomic mass is 9.95. The van der Waals surface area contributed by atoms with Crippen LogP contribution in [0.2, 0.25) is 0 Å². The van der Waals surface area contributed by atoms with Gasteiger partial charge in [0.05, 0.1) is 6.33 Å². The zero-order chi connectivity index (χ0) is 11.8. The number of nitrogens with zero attached hydrogens (tertiary/aromatic N) is 2. The van der Waals surface area contributed by atoms with Crippen LogP contribution in [0.3, 0.4) is 0 Å². The predicted octanol–water partition coefficient (Wildman–Crippen LogP) is 4.41. The highest BCUT2D eigenvalue weighted by Crippen LogP contribution is 2.22. The predicted molar refractivity (Wildman–Crippen MR) is 71.9 cm³/mol. The fourth-order valence-corrected chi connectivity index (χ4v) is 2.95. The Labute approximate surface area is 105 Å². The molecule has 0 radical (unpaired) electrons. The summed E-state index contributed by atoms with van der Waals surface area (Å²) in [6.45, 7) is 1.18. The molecule has 17 heavy (non-hydrogen) atoms. The van der Waals surface area contributed by atoms with Gasteiger partial charge >= 0.3 is 0 Å². The summed E-state index contributed by atoms with van der Waals surface area (Å²) >= 11 is 0. The SMILES string of the molecule is c1cn(CC2CCCCCCCCCC2)cn1. The van der Waals surface area contributed by atoms with Gasteiger partial charge in [-0.3, -0.25) is 0 Å². The minimum atomic E-state index is 0.877. The van der Waals surface area contributed by atoms with Crippen LogP contribution in [0.5, 0.6) is 0 Å². The second-order valence-corrected chi connectivity index (χ2v) is 5.53. The molecule has 1 aromatic rings. The number of hydrogen-bond donors (Lipinski definition) is 0. The van der Waals surface area contributed by atoms with E-state index in [1.54, 1.807) is 0 Å². The second-order valence-electron chi connectivity index (χ2n) is 5.53. The van der Waals surface area contributed by atoms with Gasteiger partial charge in [-0.2, -0.15) is 0 Å². The van der Waals surface area contributed by atoms with Crippen molar-refractivity contribution in [3.8, 4) is 0 Å². The highest BCUT2D eigenvalue weighted by atomic mass is 15.0. The van der Waals surface area contributed by atoms with Gasteiger partial charge in [0.1, 0.15) is 0 Å². The largest absolute Gasteiger partial charge is 0.337 e. The number of imidazole rings is 1. The molecule has 0 aliphatic heterocycles. The summed E-state index contributed by atoms with van der Waals surface area (Å²) < 4.78 is 2.25. The lowest BCUT2D eigenvalue weighted by molar-refractivity contribution is 0.363. The van der Waals surface area contributed by atoms with Crippen molar-refractivity contribution in [2.75, 3.05) is 0 Å². The molecule has 0 unspecified atom stereocenters. The van der Waals surface area contributed by atoms with Crippen LogP contribution in [0.4, 0.5) is 0 Å². The first-order valence-electron chi connectivity index (χ1n) is 7.41. The highest BCUT2D eigenvalue weighted by Gasteiger charge is 2.10. The molecule has 0 spiro atoms. The van der Waals surface area contributed by atoms with Gasteiger partial charge in [-0.1, -0.05) is 51.4 Å². The molecule has 0 N–H and O–H groups in total. The standard InChI is InChI=1S/C15H26N2/c1-2-4-6-8-10-15(9-7-5-3-1)13-17-12-11-16-14-17/h11-12,14-15H,1-10,13H2. The first-order valence-corrected chi connectivity index (χ1v) is 7.41. The Kier molecular flexibility index (Phi) is 5.60. The summed E-state index contributed by atoms with van der Waals surface area (Å²) in [7, 11) is 0. The molecular weight excluding hydrogens is 208 g/mol. The molecule has 0 atom stereocenters. The molecule has 0 aromatic carbocycles. The number of hydrogen-bond acceptors (Lipinski definition) is 1. The maximum atomic E-state index is 4.14. The molecule has 1 heterocycles. The first kappa shape index (κ1) is 12.7. The minimum Gasteiger partial charge on any atom is -0.337 e. The van der Waals surface area contributed by atoms with Crippen molar-refractivity contribution in [1.82, 2.24) is 9.55 Å². The van der Waals surface area contributed by atoms with Gasteiger partial charge in [0, 0.05) is 18.9 Å². The summed E-state index contributed by atoms with van der Waals surface area (Å²) in [5.74, 6) is 0.877. The van der Waals surface area contributed by atoms with Gasteiger partial charge in [-0.05, 0) is 18.8 Å². The molecule has 2 heteroatoms. The third-order valence-corrected chi connectivity index (χ3v) is 4.00. The fourth-order valence-electron chi connectivity index (χ4n) is 2.95. The monoisotopic (exact) mass is 234 g/mol. The molecule has 0 amide bonds. The zero-order valence-corrected chi connectivity index (χ0v) is 11.0. The summed E-state index contributed by atoms with van der Waals surface area (Å²) in [6, 6.07) is 0. The van der Waals surface area contributed by atoms with Gasteiger partial charge in [0.15, 0.2) is 0 Å². The molecule has 1 aromatic heterocycles. The molecular formula is C15H26N2. The van der Waals surface area contributed by atoms with E-state index in [-0.39, 0.29) is 0 Å². The molecule has 1 saturated carbocycles. The number of rotatable bonds is 2. The third-order valence-electron chi connectivity index (χ3n) is 4.00. The summed E-state index contributed by atoms with van der Waals surface area (Å²) in [6.07, 6.45) is 20.4. The summed E-state index contributed by atoms with van der Waals surface area (Å²) in [5.41, 5.74) is 0. The van der Waals surface area contributed by atoms with Crippen LogP contribution in [0.1, 0.15) is 64.2 Å². The van der Waals surface area contributed by atoms with Crippen LogP contribution >= 0.6 is 0 Å². The van der Waals surface area contributed by atoms with E-state index < -0.39 is 0 Å². The van der Waals surface area contributed by atoms with Crippen molar-refractivity contribution >= 4 is 0 Å². The quantitative estimate of drug-likeness (QED) is 0.741. The molecule has 2 rings (SSSR count). The van der Waals surface area contributed by atoms with E-state index in [0.717, 1.165) is 5.92 Å². The minimum absolute atomic E-state index is 0.877. The van der Waals surface area contributed by atoms with Crippen LogP contribution < -0.4 is 0 Å². The van der Waals surface area contributed by atoms with Gasteiger partial charge < -0.3 is 4.57 Å². The fraction of sp³-hybridized carbons (Fsp3) is 0.800. The lowest BCUT2D eigenvalue weighted by Gasteiger charge is -2.17. The van der Waals surface area contributed by atoms with E-state index in [4.69, 9.17) is 0 Å². The van der Waals surface area contributed by atoms with Crippen LogP contribution in [0, 0.1) is 5.92 Å². The molecule has 2 nitrogen and oxygen atoms in total. The first-order chi connectivity index (χ1) is 8.45. The van der Waals surface area contributed by atoms with Crippen LogP contribution in [0.25, 0.3) is 0 Å². The second kappa shape index (κ2) is 7.52. The van der Waals surface area contributed by atoms with E-state index in [1.165, 1.54) is 70.8 Å². The van der Waals surface area contributed by atoms with Crippen molar-refractivity contribution in [1.29, 1.82) is 0 Å². The van der Waals surface area contributed by atoms with E-state index in [0.29, 0.717) is 0 Å². The van der Waals surface area contributed by atoms with Crippen molar-refractivity contribution < 1.29 is 0 Å². The topological polar surface area (TPSA) is 17.8 Å². The zero-order valence-electron chi connectivity index (χ0n) is 11.0. The Morgan fingerprint density at radius 1 is 0.882 bits per heavy atom. The van der Waals surface area contributed by atoms with E-state index in [9.17, 15) is 0 Å². The van der Waals surface area contributed by atoms with E-state index in [2.05, 4.69) is 15.7 Å². The average molecular weight is 234 g/mol. The molecule has 1 fully saturated rings. The van der Waals surface area contributed by atoms with E-state index >= 15 is 0 Å². The summed E-state index contributed by atoms with van der Waals surface area (Å²) in [5, 5.41) is 0. The molecule has 1 aliphatic carbocycles. The highest BCUT2D eigenvalue weighted by molar-refractivity contribution is 4.76. The van der Waals surface area contributed by atoms with Gasteiger partial charge in [0.25, 0.3) is 0 Å². The smallest absolute Gasteiger partial charge is 0.0945 e. The maximum Gasteiger partial charge on any atom is 0.0945 e. The summed E-state index contributed by atoms with van der Waals surface area (Å²) in [4.78, 5) is 4.14. The Morgan fingerprint density at radius 2 is 1.47 bits per heavy atom. The Hall–Kier alpha value is -0.790. The van der Waals surface area contributed by atoms with Crippen LogP contribution in [-0.4, -0.2) is 9.55 Å². The molecule has 96 valence electrons. The van der Waals surface area contributed by atoms with Gasteiger partial charge in [-0.15, -0.1) is 0 Å². The van der Waals surface area contributed by atoms with Gasteiger partial charge in [-0.25, -0.2) is 4.98 Å². The lowest BCUT2D eigenvalue weighted by Crippen LogP contribution is -2.09. The van der Waals surface area contributed by atoms with Crippen molar-refractivity contribution in [2.45, 2.75) is 70.8 Å². The molecule has 0 saturated heterocycles. The third kappa shape index (κ3) is 4.93. The van der Waals surface area contributed by atoms with Crippen molar-refractivity contribution in [3.05, 3.63) is 18.7 Å². The maximum absolute atomic E-state index is 4.14. The molecule has 1 aliphatic rings. The van der Waals surface area contributed by atoms with Crippen LogP contribution in [-0.2, 0) is 6.54 Å². The molecule has 0 bridgehead atoms. The Balaban J connectivity index is 1.79. The number of aromatic nitrogens is 2. The van der Waals surface area contributed by atoms with Crippen LogP contribution in [0.15, 0.2) is 18.7 Å². The normalized spacial score (nSPS) is 20.9. The Morgan fingerprint density at radius 3 is 2.00 bits per heavy atom. The van der Waals surface area contributed by atoms with Crippen molar-refractivity contribution in [3.63, 3.8) is 0 Å².